The fraction of sp³-hybridized carbons (Fsp3) is 0.625. The lowest BCUT2D eigenvalue weighted by atomic mass is 9.83. The fourth-order valence-electron chi connectivity index (χ4n) is 3.03. The maximum absolute atomic E-state index is 5.58. The molecule has 19 heavy (non-hydrogen) atoms. The van der Waals surface area contributed by atoms with Gasteiger partial charge in [0.2, 0.25) is 0 Å². The lowest BCUT2D eigenvalue weighted by Gasteiger charge is -2.41. The van der Waals surface area contributed by atoms with Gasteiger partial charge < -0.3 is 11.1 Å². The Kier molecular flexibility index (Phi) is 4.19. The first-order chi connectivity index (χ1) is 8.81. The van der Waals surface area contributed by atoms with Crippen molar-refractivity contribution < 1.29 is 0 Å². The molecule has 1 aromatic rings. The molecule has 0 unspecified atom stereocenters. The number of thiophene rings is 1. The molecule has 3 N–H and O–H groups in total. The van der Waals surface area contributed by atoms with Gasteiger partial charge in [-0.25, -0.2) is 0 Å². The molecule has 0 aromatic carbocycles. The minimum atomic E-state index is 0.0680. The van der Waals surface area contributed by atoms with Gasteiger partial charge in [-0.05, 0) is 71.2 Å². The topological polar surface area (TPSA) is 38.0 Å². The van der Waals surface area contributed by atoms with Gasteiger partial charge in [-0.2, -0.15) is 0 Å². The maximum atomic E-state index is 5.58. The highest BCUT2D eigenvalue weighted by molar-refractivity contribution is 7.13. The molecule has 0 aliphatic carbocycles. The average Bonchev–Trinajstić information content (AvgIpc) is 2.70. The summed E-state index contributed by atoms with van der Waals surface area (Å²) < 4.78 is 0. The number of hydrogen-bond donors (Lipinski definition) is 2. The summed E-state index contributed by atoms with van der Waals surface area (Å²) in [5, 5.41) is 3.68. The van der Waals surface area contributed by atoms with Crippen LogP contribution in [0.5, 0.6) is 0 Å². The second-order valence-electron chi connectivity index (χ2n) is 6.74. The van der Waals surface area contributed by atoms with Gasteiger partial charge in [-0.15, -0.1) is 11.3 Å². The van der Waals surface area contributed by atoms with Crippen LogP contribution in [0.25, 0.3) is 5.57 Å². The molecule has 0 amide bonds. The van der Waals surface area contributed by atoms with E-state index in [1.807, 2.05) is 11.3 Å². The summed E-state index contributed by atoms with van der Waals surface area (Å²) in [5.74, 6) is 0. The lowest BCUT2D eigenvalue weighted by molar-refractivity contribution is 0.297. The molecule has 0 fully saturated rings. The molecule has 2 rings (SSSR count). The summed E-state index contributed by atoms with van der Waals surface area (Å²) in [5.41, 5.74) is 7.30. The number of hydrogen-bond acceptors (Lipinski definition) is 3. The number of rotatable bonds is 4. The van der Waals surface area contributed by atoms with Crippen LogP contribution in [0.2, 0.25) is 0 Å². The van der Waals surface area contributed by atoms with Gasteiger partial charge in [0.15, 0.2) is 0 Å². The van der Waals surface area contributed by atoms with Crippen molar-refractivity contribution in [2.45, 2.75) is 58.0 Å². The second-order valence-corrected chi connectivity index (χ2v) is 7.90. The molecular weight excluding hydrogens is 252 g/mol. The minimum absolute atomic E-state index is 0.0680. The molecular formula is C16H26N2S. The monoisotopic (exact) mass is 278 g/mol. The van der Waals surface area contributed by atoms with Crippen LogP contribution in [0, 0.1) is 0 Å². The molecule has 0 saturated carbocycles. The van der Waals surface area contributed by atoms with E-state index in [1.54, 1.807) is 0 Å². The van der Waals surface area contributed by atoms with Gasteiger partial charge in [-0.3, -0.25) is 0 Å². The summed E-state index contributed by atoms with van der Waals surface area (Å²) in [6.07, 6.45) is 5.67. The largest absolute Gasteiger partial charge is 0.330 e. The van der Waals surface area contributed by atoms with E-state index in [0.717, 1.165) is 25.8 Å². The third-order valence-electron chi connectivity index (χ3n) is 3.43. The van der Waals surface area contributed by atoms with Crippen LogP contribution >= 0.6 is 11.3 Å². The van der Waals surface area contributed by atoms with Gasteiger partial charge in [0.1, 0.15) is 0 Å². The van der Waals surface area contributed by atoms with Crippen LogP contribution in [0.3, 0.4) is 0 Å². The lowest BCUT2D eigenvalue weighted by Crippen LogP contribution is -2.53. The van der Waals surface area contributed by atoms with Crippen LogP contribution < -0.4 is 11.1 Å². The Hall–Kier alpha value is -0.640. The second kappa shape index (κ2) is 5.39. The highest BCUT2D eigenvalue weighted by atomic mass is 32.1. The molecule has 1 aliphatic heterocycles. The molecule has 0 atom stereocenters. The fourth-order valence-corrected chi connectivity index (χ4v) is 4.10. The first-order valence-electron chi connectivity index (χ1n) is 7.12. The molecule has 2 heterocycles. The van der Waals surface area contributed by atoms with Crippen molar-refractivity contribution in [3.63, 3.8) is 0 Å². The molecule has 1 aliphatic rings. The minimum Gasteiger partial charge on any atom is -0.330 e. The van der Waals surface area contributed by atoms with E-state index < -0.39 is 0 Å². The van der Waals surface area contributed by atoms with Crippen LogP contribution in [0.1, 0.15) is 50.3 Å². The van der Waals surface area contributed by atoms with E-state index in [4.69, 9.17) is 5.73 Å². The van der Waals surface area contributed by atoms with Crippen LogP contribution in [0.4, 0.5) is 0 Å². The molecule has 0 spiro atoms. The van der Waals surface area contributed by atoms with Crippen molar-refractivity contribution in [1.82, 2.24) is 5.32 Å². The molecule has 2 nitrogen and oxygen atoms in total. The Morgan fingerprint density at radius 2 is 2.00 bits per heavy atom. The molecule has 0 bridgehead atoms. The Morgan fingerprint density at radius 1 is 1.26 bits per heavy atom. The zero-order valence-electron chi connectivity index (χ0n) is 12.5. The number of aryl methyl sites for hydroxylation is 1. The normalized spacial score (nSPS) is 21.2. The van der Waals surface area contributed by atoms with Crippen molar-refractivity contribution in [3.8, 4) is 0 Å². The van der Waals surface area contributed by atoms with Gasteiger partial charge in [-0.1, -0.05) is 6.08 Å². The van der Waals surface area contributed by atoms with E-state index in [9.17, 15) is 0 Å². The van der Waals surface area contributed by atoms with E-state index in [2.05, 4.69) is 51.2 Å². The predicted octanol–water partition coefficient (Wildman–Crippen LogP) is 3.57. The zero-order chi connectivity index (χ0) is 14.1. The summed E-state index contributed by atoms with van der Waals surface area (Å²) in [7, 11) is 0. The van der Waals surface area contributed by atoms with Gasteiger partial charge >= 0.3 is 0 Å². The average molecular weight is 278 g/mol. The highest BCUT2D eigenvalue weighted by Crippen LogP contribution is 2.36. The molecule has 1 aromatic heterocycles. The van der Waals surface area contributed by atoms with Gasteiger partial charge in [0.25, 0.3) is 0 Å². The van der Waals surface area contributed by atoms with Crippen LogP contribution in [-0.2, 0) is 6.42 Å². The predicted molar refractivity (Wildman–Crippen MR) is 85.6 cm³/mol. The van der Waals surface area contributed by atoms with E-state index in [0.29, 0.717) is 0 Å². The number of nitrogens with one attached hydrogen (secondary N) is 1. The van der Waals surface area contributed by atoms with Crippen LogP contribution in [-0.4, -0.2) is 17.6 Å². The smallest absolute Gasteiger partial charge is 0.0318 e. The van der Waals surface area contributed by atoms with Crippen molar-refractivity contribution in [3.05, 3.63) is 28.0 Å². The van der Waals surface area contributed by atoms with E-state index in [1.165, 1.54) is 15.3 Å². The van der Waals surface area contributed by atoms with Crippen molar-refractivity contribution in [1.29, 1.82) is 0 Å². The zero-order valence-corrected chi connectivity index (χ0v) is 13.4. The Morgan fingerprint density at radius 3 is 2.63 bits per heavy atom. The Labute approximate surface area is 121 Å². The Balaban J connectivity index is 2.21. The summed E-state index contributed by atoms with van der Waals surface area (Å²) in [6.45, 7) is 9.84. The first kappa shape index (κ1) is 14.8. The standard InChI is InChI=1S/C16H26N2S/c1-15(2)10-12(11-16(3,4)18-15)14-8-7-13(19-14)6-5-9-17/h7-8,10,18H,5-6,9,11,17H2,1-4H3. The highest BCUT2D eigenvalue weighted by Gasteiger charge is 2.32. The summed E-state index contributed by atoms with van der Waals surface area (Å²) in [4.78, 5) is 2.88. The van der Waals surface area contributed by atoms with Crippen LogP contribution in [0.15, 0.2) is 18.2 Å². The van der Waals surface area contributed by atoms with Crippen molar-refractivity contribution in [2.75, 3.05) is 6.54 Å². The SMILES string of the molecule is CC1(C)C=C(c2ccc(CCCN)s2)CC(C)(C)N1. The molecule has 0 saturated heterocycles. The summed E-state index contributed by atoms with van der Waals surface area (Å²) >= 11 is 1.93. The maximum Gasteiger partial charge on any atom is 0.0318 e. The third-order valence-corrected chi connectivity index (χ3v) is 4.65. The number of nitrogens with two attached hydrogens (primary N) is 1. The van der Waals surface area contributed by atoms with Crippen molar-refractivity contribution >= 4 is 16.9 Å². The third kappa shape index (κ3) is 3.91. The quantitative estimate of drug-likeness (QED) is 0.883. The molecule has 3 heteroatoms. The molecule has 0 radical (unpaired) electrons. The van der Waals surface area contributed by atoms with Crippen molar-refractivity contribution in [2.24, 2.45) is 5.73 Å². The van der Waals surface area contributed by atoms with E-state index >= 15 is 0 Å². The van der Waals surface area contributed by atoms with Gasteiger partial charge in [0.05, 0.1) is 0 Å². The van der Waals surface area contributed by atoms with E-state index in [-0.39, 0.29) is 11.1 Å². The summed E-state index contributed by atoms with van der Waals surface area (Å²) in [6, 6.07) is 4.54. The Bertz CT molecular complexity index is 469. The first-order valence-corrected chi connectivity index (χ1v) is 7.93. The van der Waals surface area contributed by atoms with Gasteiger partial charge in [0, 0.05) is 20.8 Å². The molecule has 106 valence electrons.